The van der Waals surface area contributed by atoms with Crippen LogP contribution in [0.15, 0.2) is 48.5 Å². The Balaban J connectivity index is 1.40. The van der Waals surface area contributed by atoms with Gasteiger partial charge < -0.3 is 9.57 Å². The molecule has 2 aromatic rings. The molecule has 1 unspecified atom stereocenters. The minimum atomic E-state index is -2.90. The highest BCUT2D eigenvalue weighted by Crippen LogP contribution is 2.48. The van der Waals surface area contributed by atoms with Crippen LogP contribution in [0.1, 0.15) is 38.6 Å². The van der Waals surface area contributed by atoms with Crippen molar-refractivity contribution in [3.8, 4) is 5.75 Å². The first-order valence-electron chi connectivity index (χ1n) is 8.20. The number of hydroxylamine groups is 2. The molecule has 0 saturated heterocycles. The van der Waals surface area contributed by atoms with Crippen LogP contribution in [-0.4, -0.2) is 29.5 Å². The monoisotopic (exact) mass is 373 g/mol. The zero-order valence-corrected chi connectivity index (χ0v) is 13.8. The van der Waals surface area contributed by atoms with Gasteiger partial charge in [-0.15, -0.1) is 0 Å². The number of imide groups is 1. The number of benzene rings is 2. The Morgan fingerprint density at radius 3 is 2.15 bits per heavy atom. The van der Waals surface area contributed by atoms with E-state index in [-0.39, 0.29) is 22.8 Å². The molecule has 138 valence electrons. The van der Waals surface area contributed by atoms with Gasteiger partial charge in [-0.25, -0.2) is 4.79 Å². The molecule has 1 saturated carbocycles. The Bertz CT molecular complexity index is 893. The van der Waals surface area contributed by atoms with Crippen LogP contribution >= 0.6 is 0 Å². The molecule has 4 rings (SSSR count). The number of amides is 2. The molecule has 0 N–H and O–H groups in total. The van der Waals surface area contributed by atoms with Crippen LogP contribution in [0.2, 0.25) is 0 Å². The van der Waals surface area contributed by atoms with Crippen molar-refractivity contribution in [2.45, 2.75) is 19.0 Å². The second kappa shape index (κ2) is 6.46. The molecule has 2 amide bonds. The summed E-state index contributed by atoms with van der Waals surface area (Å²) in [6.07, 6.45) is 0.483. The molecule has 1 aliphatic heterocycles. The number of alkyl halides is 2. The third-order valence-electron chi connectivity index (χ3n) is 4.56. The van der Waals surface area contributed by atoms with Crippen LogP contribution in [0.3, 0.4) is 0 Å². The second-order valence-electron chi connectivity index (χ2n) is 6.26. The van der Waals surface area contributed by atoms with E-state index in [4.69, 9.17) is 4.84 Å². The van der Waals surface area contributed by atoms with Crippen molar-refractivity contribution < 1.29 is 32.7 Å². The van der Waals surface area contributed by atoms with Crippen molar-refractivity contribution >= 4 is 17.8 Å². The Morgan fingerprint density at radius 2 is 1.59 bits per heavy atom. The van der Waals surface area contributed by atoms with Crippen LogP contribution in [0.25, 0.3) is 0 Å². The Hall–Kier alpha value is -3.29. The van der Waals surface area contributed by atoms with E-state index in [0.29, 0.717) is 11.5 Å². The molecule has 6 nitrogen and oxygen atoms in total. The normalized spacial score (nSPS) is 20.6. The highest BCUT2D eigenvalue weighted by molar-refractivity contribution is 6.20. The number of hydrogen-bond donors (Lipinski definition) is 0. The molecule has 1 heterocycles. The zero-order valence-electron chi connectivity index (χ0n) is 13.8. The van der Waals surface area contributed by atoms with Crippen molar-refractivity contribution in [3.63, 3.8) is 0 Å². The largest absolute Gasteiger partial charge is 0.435 e. The molecule has 0 radical (unpaired) electrons. The molecule has 0 spiro atoms. The number of rotatable bonds is 5. The molecular formula is C19H13F2NO5. The molecule has 2 atom stereocenters. The van der Waals surface area contributed by atoms with E-state index < -0.39 is 30.3 Å². The predicted molar refractivity (Wildman–Crippen MR) is 87.0 cm³/mol. The fourth-order valence-corrected chi connectivity index (χ4v) is 3.13. The summed E-state index contributed by atoms with van der Waals surface area (Å²) in [6, 6.07) is 12.2. The van der Waals surface area contributed by atoms with Crippen molar-refractivity contribution in [1.29, 1.82) is 0 Å². The van der Waals surface area contributed by atoms with Crippen LogP contribution in [0, 0.1) is 5.92 Å². The van der Waals surface area contributed by atoms with Gasteiger partial charge >= 0.3 is 12.6 Å². The Kier molecular flexibility index (Phi) is 4.10. The fraction of sp³-hybridized carbons (Fsp3) is 0.211. The van der Waals surface area contributed by atoms with Gasteiger partial charge in [0, 0.05) is 0 Å². The summed E-state index contributed by atoms with van der Waals surface area (Å²) >= 11 is 0. The molecule has 27 heavy (non-hydrogen) atoms. The minimum Gasteiger partial charge on any atom is -0.435 e. The summed E-state index contributed by atoms with van der Waals surface area (Å²) in [7, 11) is 0. The minimum absolute atomic E-state index is 0.0274. The molecule has 8 heteroatoms. The van der Waals surface area contributed by atoms with Gasteiger partial charge in [-0.3, -0.25) is 9.59 Å². The van der Waals surface area contributed by atoms with Gasteiger partial charge in [-0.1, -0.05) is 29.3 Å². The smallest absolute Gasteiger partial charge is 0.387 e. The van der Waals surface area contributed by atoms with Gasteiger partial charge in [0.1, 0.15) is 5.75 Å². The maximum absolute atomic E-state index is 12.3. The first-order chi connectivity index (χ1) is 13.0. The molecular weight excluding hydrogens is 360 g/mol. The maximum atomic E-state index is 12.3. The quantitative estimate of drug-likeness (QED) is 0.753. The SMILES string of the molecule is O=C(ON1C(=O)c2ccccc2C1=O)C1C[C@@H]1c1ccc(OC(F)F)cc1. The average Bonchev–Trinajstić information content (AvgIpc) is 3.42. The van der Waals surface area contributed by atoms with Crippen molar-refractivity contribution in [2.75, 3.05) is 0 Å². The van der Waals surface area contributed by atoms with Crippen LogP contribution in [0.5, 0.6) is 5.75 Å². The van der Waals surface area contributed by atoms with E-state index in [9.17, 15) is 23.2 Å². The number of fused-ring (bicyclic) bond motifs is 1. The standard InChI is InChI=1S/C19H13F2NO5/c20-19(21)26-11-7-5-10(6-8-11)14-9-15(14)18(25)27-22-16(23)12-3-1-2-4-13(12)17(22)24/h1-8,14-15,19H,9H2/t14-,15?/m1/s1. The topological polar surface area (TPSA) is 72.9 Å². The van der Waals surface area contributed by atoms with E-state index >= 15 is 0 Å². The molecule has 0 aromatic heterocycles. The number of carbonyl (C=O) groups excluding carboxylic acids is 3. The third kappa shape index (κ3) is 3.14. The summed E-state index contributed by atoms with van der Waals surface area (Å²) < 4.78 is 28.6. The summed E-state index contributed by atoms with van der Waals surface area (Å²) in [5.41, 5.74) is 1.15. The van der Waals surface area contributed by atoms with Crippen LogP contribution in [-0.2, 0) is 9.63 Å². The van der Waals surface area contributed by atoms with Gasteiger partial charge in [-0.05, 0) is 42.2 Å². The first kappa shape index (κ1) is 17.1. The maximum Gasteiger partial charge on any atom is 0.387 e. The fourth-order valence-electron chi connectivity index (χ4n) is 3.13. The Labute approximate surface area is 152 Å². The first-order valence-corrected chi connectivity index (χ1v) is 8.20. The summed E-state index contributed by atoms with van der Waals surface area (Å²) in [5.74, 6) is -2.66. The van der Waals surface area contributed by atoms with Gasteiger partial charge in [0.05, 0.1) is 17.0 Å². The molecule has 1 fully saturated rings. The number of hydrogen-bond acceptors (Lipinski definition) is 5. The predicted octanol–water partition coefficient (Wildman–Crippen LogP) is 3.15. The number of halogens is 2. The van der Waals surface area contributed by atoms with E-state index in [1.807, 2.05) is 0 Å². The summed E-state index contributed by atoms with van der Waals surface area (Å²) in [5, 5.41) is 0.488. The number of ether oxygens (including phenoxy) is 1. The zero-order chi connectivity index (χ0) is 19.1. The van der Waals surface area contributed by atoms with Crippen LogP contribution in [0.4, 0.5) is 8.78 Å². The van der Waals surface area contributed by atoms with Crippen LogP contribution < -0.4 is 4.74 Å². The van der Waals surface area contributed by atoms with Crippen molar-refractivity contribution in [1.82, 2.24) is 5.06 Å². The average molecular weight is 373 g/mol. The third-order valence-corrected chi connectivity index (χ3v) is 4.56. The lowest BCUT2D eigenvalue weighted by molar-refractivity contribution is -0.170. The number of carbonyl (C=O) groups is 3. The van der Waals surface area contributed by atoms with E-state index in [0.717, 1.165) is 5.56 Å². The van der Waals surface area contributed by atoms with Gasteiger partial charge in [0.25, 0.3) is 11.8 Å². The lowest BCUT2D eigenvalue weighted by Gasteiger charge is -2.12. The van der Waals surface area contributed by atoms with E-state index in [2.05, 4.69) is 4.74 Å². The summed E-state index contributed by atoms with van der Waals surface area (Å²) in [6.45, 7) is -2.90. The molecule has 2 aliphatic rings. The molecule has 1 aliphatic carbocycles. The Morgan fingerprint density at radius 1 is 1.00 bits per heavy atom. The van der Waals surface area contributed by atoms with Crippen molar-refractivity contribution in [3.05, 3.63) is 65.2 Å². The highest BCUT2D eigenvalue weighted by Gasteiger charge is 2.48. The second-order valence-corrected chi connectivity index (χ2v) is 6.26. The summed E-state index contributed by atoms with van der Waals surface area (Å²) in [4.78, 5) is 41.8. The van der Waals surface area contributed by atoms with Crippen molar-refractivity contribution in [2.24, 2.45) is 5.92 Å². The molecule has 0 bridgehead atoms. The van der Waals surface area contributed by atoms with E-state index in [1.165, 1.54) is 24.3 Å². The van der Waals surface area contributed by atoms with E-state index in [1.54, 1.807) is 24.3 Å². The van der Waals surface area contributed by atoms with Gasteiger partial charge in [0.2, 0.25) is 0 Å². The lowest BCUT2D eigenvalue weighted by Crippen LogP contribution is -2.33. The lowest BCUT2D eigenvalue weighted by atomic mass is 10.1. The molecule has 2 aromatic carbocycles. The van der Waals surface area contributed by atoms with Gasteiger partial charge in [-0.2, -0.15) is 8.78 Å². The number of nitrogens with zero attached hydrogens (tertiary/aromatic N) is 1. The highest BCUT2D eigenvalue weighted by atomic mass is 19.3. The van der Waals surface area contributed by atoms with Gasteiger partial charge in [0.15, 0.2) is 0 Å².